The van der Waals surface area contributed by atoms with Gasteiger partial charge in [-0.25, -0.2) is 0 Å². The molecule has 4 bridgehead atoms. The molecule has 0 saturated heterocycles. The van der Waals surface area contributed by atoms with Crippen LogP contribution in [0.25, 0.3) is 0 Å². The summed E-state index contributed by atoms with van der Waals surface area (Å²) in [6, 6.07) is 10.6. The average Bonchev–Trinajstić information content (AvgIpc) is 2.43. The Bertz CT molecular complexity index is 512. The van der Waals surface area contributed by atoms with E-state index in [1.807, 2.05) is 12.1 Å². The lowest BCUT2D eigenvalue weighted by Gasteiger charge is -2.55. The highest BCUT2D eigenvalue weighted by molar-refractivity contribution is 5.41. The van der Waals surface area contributed by atoms with Crippen molar-refractivity contribution in [3.63, 3.8) is 0 Å². The maximum absolute atomic E-state index is 9.75. The van der Waals surface area contributed by atoms with Crippen molar-refractivity contribution < 1.29 is 0 Å². The molecule has 0 aliphatic heterocycles. The number of hydrogen-bond donors (Lipinski definition) is 1. The molecule has 0 amide bonds. The first-order valence-electron chi connectivity index (χ1n) is 7.99. The van der Waals surface area contributed by atoms with Crippen molar-refractivity contribution in [1.82, 2.24) is 0 Å². The SMILES string of the molecule is N#CC(c1ccc(N)cc1)C1C2CC3CC(C2)CC1C3. The Balaban J connectivity index is 1.65. The lowest BCUT2D eigenvalue weighted by Crippen LogP contribution is -2.46. The summed E-state index contributed by atoms with van der Waals surface area (Å²) in [4.78, 5) is 0. The lowest BCUT2D eigenvalue weighted by atomic mass is 9.49. The summed E-state index contributed by atoms with van der Waals surface area (Å²) in [6.45, 7) is 0. The van der Waals surface area contributed by atoms with Gasteiger partial charge in [0.05, 0.1) is 12.0 Å². The van der Waals surface area contributed by atoms with Gasteiger partial charge in [0.25, 0.3) is 0 Å². The van der Waals surface area contributed by atoms with Crippen LogP contribution in [0.4, 0.5) is 5.69 Å². The van der Waals surface area contributed by atoms with Crippen LogP contribution in [0.2, 0.25) is 0 Å². The maximum atomic E-state index is 9.75. The molecule has 1 unspecified atom stereocenters. The highest BCUT2D eigenvalue weighted by Gasteiger charge is 2.50. The van der Waals surface area contributed by atoms with Crippen molar-refractivity contribution in [1.29, 1.82) is 5.26 Å². The molecule has 0 radical (unpaired) electrons. The molecular formula is C18H22N2. The van der Waals surface area contributed by atoms with Crippen LogP contribution >= 0.6 is 0 Å². The van der Waals surface area contributed by atoms with E-state index in [0.29, 0.717) is 5.92 Å². The van der Waals surface area contributed by atoms with Crippen LogP contribution in [-0.2, 0) is 0 Å². The first-order valence-corrected chi connectivity index (χ1v) is 7.99. The number of anilines is 1. The molecule has 104 valence electrons. The van der Waals surface area contributed by atoms with Crippen molar-refractivity contribution in [3.05, 3.63) is 29.8 Å². The van der Waals surface area contributed by atoms with E-state index in [4.69, 9.17) is 5.73 Å². The summed E-state index contributed by atoms with van der Waals surface area (Å²) in [5, 5.41) is 9.75. The van der Waals surface area contributed by atoms with Crippen LogP contribution < -0.4 is 5.73 Å². The van der Waals surface area contributed by atoms with E-state index >= 15 is 0 Å². The van der Waals surface area contributed by atoms with E-state index in [1.54, 1.807) is 0 Å². The Morgan fingerprint density at radius 3 is 2.00 bits per heavy atom. The number of rotatable bonds is 2. The van der Waals surface area contributed by atoms with Crippen LogP contribution in [0.5, 0.6) is 0 Å². The summed E-state index contributed by atoms with van der Waals surface area (Å²) >= 11 is 0. The second-order valence-corrected chi connectivity index (χ2v) is 7.28. The maximum Gasteiger partial charge on any atom is 0.0746 e. The van der Waals surface area contributed by atoms with E-state index in [0.717, 1.165) is 29.4 Å². The monoisotopic (exact) mass is 266 g/mol. The summed E-state index contributed by atoms with van der Waals surface area (Å²) in [5.74, 6) is 4.21. The van der Waals surface area contributed by atoms with Gasteiger partial charge < -0.3 is 5.73 Å². The lowest BCUT2D eigenvalue weighted by molar-refractivity contribution is -0.0411. The summed E-state index contributed by atoms with van der Waals surface area (Å²) in [7, 11) is 0. The van der Waals surface area contributed by atoms with Crippen LogP contribution in [0, 0.1) is 40.9 Å². The summed E-state index contributed by atoms with van der Waals surface area (Å²) in [5.41, 5.74) is 7.75. The molecule has 1 atom stereocenters. The van der Waals surface area contributed by atoms with Crippen LogP contribution in [0.15, 0.2) is 24.3 Å². The molecule has 5 rings (SSSR count). The van der Waals surface area contributed by atoms with Crippen LogP contribution in [-0.4, -0.2) is 0 Å². The number of nitrogens with two attached hydrogens (primary N) is 1. The van der Waals surface area contributed by atoms with Crippen molar-refractivity contribution in [2.45, 2.75) is 38.0 Å². The second kappa shape index (κ2) is 4.52. The van der Waals surface area contributed by atoms with Gasteiger partial charge in [0, 0.05) is 5.69 Å². The minimum absolute atomic E-state index is 0.0746. The molecule has 0 aromatic heterocycles. The number of nitrogen functional groups attached to an aromatic ring is 1. The van der Waals surface area contributed by atoms with Gasteiger partial charge in [0.1, 0.15) is 0 Å². The van der Waals surface area contributed by atoms with E-state index in [9.17, 15) is 5.26 Å². The topological polar surface area (TPSA) is 49.8 Å². The zero-order valence-corrected chi connectivity index (χ0v) is 11.8. The third kappa shape index (κ3) is 1.84. The summed E-state index contributed by atoms with van der Waals surface area (Å²) in [6.07, 6.45) is 6.99. The molecule has 2 nitrogen and oxygen atoms in total. The molecule has 4 aliphatic carbocycles. The van der Waals surface area contributed by atoms with E-state index < -0.39 is 0 Å². The molecule has 1 aromatic rings. The minimum Gasteiger partial charge on any atom is -0.399 e. The van der Waals surface area contributed by atoms with Crippen molar-refractivity contribution >= 4 is 5.69 Å². The second-order valence-electron chi connectivity index (χ2n) is 7.28. The number of hydrogen-bond acceptors (Lipinski definition) is 2. The van der Waals surface area contributed by atoms with Crippen LogP contribution in [0.1, 0.15) is 43.6 Å². The average molecular weight is 266 g/mol. The molecule has 4 aliphatic rings. The number of benzene rings is 1. The van der Waals surface area contributed by atoms with Crippen LogP contribution in [0.3, 0.4) is 0 Å². The summed E-state index contributed by atoms with van der Waals surface area (Å²) < 4.78 is 0. The molecule has 0 spiro atoms. The van der Waals surface area contributed by atoms with Gasteiger partial charge in [-0.05, 0) is 79.4 Å². The third-order valence-electron chi connectivity index (χ3n) is 6.12. The standard InChI is InChI=1S/C18H22N2/c19-10-17(13-1-3-16(20)4-2-13)18-14-6-11-5-12(8-14)9-15(18)7-11/h1-4,11-12,14-15,17-18H,5-9,20H2. The van der Waals surface area contributed by atoms with E-state index in [-0.39, 0.29) is 5.92 Å². The minimum atomic E-state index is 0.0746. The van der Waals surface area contributed by atoms with Crippen molar-refractivity contribution in [2.75, 3.05) is 5.73 Å². The first kappa shape index (κ1) is 12.3. The quantitative estimate of drug-likeness (QED) is 0.824. The van der Waals surface area contributed by atoms with Gasteiger partial charge >= 0.3 is 0 Å². The van der Waals surface area contributed by atoms with Gasteiger partial charge in [-0.2, -0.15) is 5.26 Å². The van der Waals surface area contributed by atoms with Gasteiger partial charge in [-0.3, -0.25) is 0 Å². The number of nitriles is 1. The first-order chi connectivity index (χ1) is 9.74. The molecule has 20 heavy (non-hydrogen) atoms. The van der Waals surface area contributed by atoms with Gasteiger partial charge in [-0.1, -0.05) is 12.1 Å². The Hall–Kier alpha value is -1.49. The zero-order chi connectivity index (χ0) is 13.7. The molecule has 4 saturated carbocycles. The Morgan fingerprint density at radius 1 is 0.950 bits per heavy atom. The molecule has 2 N–H and O–H groups in total. The molecule has 2 heteroatoms. The van der Waals surface area contributed by atoms with E-state index in [1.165, 1.54) is 37.7 Å². The molecular weight excluding hydrogens is 244 g/mol. The highest BCUT2D eigenvalue weighted by Crippen LogP contribution is 2.59. The predicted octanol–water partition coefficient (Wildman–Crippen LogP) is 3.95. The molecule has 0 heterocycles. The Labute approximate surface area is 121 Å². The van der Waals surface area contributed by atoms with Crippen molar-refractivity contribution in [2.24, 2.45) is 29.6 Å². The highest BCUT2D eigenvalue weighted by atomic mass is 14.6. The van der Waals surface area contributed by atoms with Gasteiger partial charge in [0.15, 0.2) is 0 Å². The smallest absolute Gasteiger partial charge is 0.0746 e. The predicted molar refractivity (Wildman–Crippen MR) is 79.7 cm³/mol. The fourth-order valence-corrected chi connectivity index (χ4v) is 5.60. The fraction of sp³-hybridized carbons (Fsp3) is 0.611. The zero-order valence-electron chi connectivity index (χ0n) is 11.8. The largest absolute Gasteiger partial charge is 0.399 e. The van der Waals surface area contributed by atoms with Gasteiger partial charge in [-0.15, -0.1) is 0 Å². The Kier molecular flexibility index (Phi) is 2.77. The normalized spacial score (nSPS) is 39.5. The molecule has 4 fully saturated rings. The van der Waals surface area contributed by atoms with Crippen molar-refractivity contribution in [3.8, 4) is 6.07 Å². The molecule has 1 aromatic carbocycles. The Morgan fingerprint density at radius 2 is 1.50 bits per heavy atom. The fourth-order valence-electron chi connectivity index (χ4n) is 5.60. The number of nitrogens with zero attached hydrogens (tertiary/aromatic N) is 1. The third-order valence-corrected chi connectivity index (χ3v) is 6.12. The van der Waals surface area contributed by atoms with E-state index in [2.05, 4.69) is 18.2 Å². The van der Waals surface area contributed by atoms with Gasteiger partial charge in [0.2, 0.25) is 0 Å².